The summed E-state index contributed by atoms with van der Waals surface area (Å²) in [5.41, 5.74) is 0. The van der Waals surface area contributed by atoms with E-state index in [-0.39, 0.29) is 0 Å². The number of hydrogen-bond acceptors (Lipinski definition) is 0. The van der Waals surface area contributed by atoms with E-state index in [1.807, 2.05) is 0 Å². The maximum absolute atomic E-state index is 2.44. The Kier molecular flexibility index (Phi) is 4.19. The van der Waals surface area contributed by atoms with Crippen molar-refractivity contribution in [2.75, 3.05) is 0 Å². The monoisotopic (exact) mass is 219 g/mol. The van der Waals surface area contributed by atoms with Crippen LogP contribution in [0.5, 0.6) is 0 Å². The third-order valence-electron chi connectivity index (χ3n) is 3.24. The fourth-order valence-electron chi connectivity index (χ4n) is 2.09. The van der Waals surface area contributed by atoms with Crippen LogP contribution in [0.1, 0.15) is 41.5 Å². The summed E-state index contributed by atoms with van der Waals surface area (Å²) in [5, 5.41) is 4.44. The summed E-state index contributed by atoms with van der Waals surface area (Å²) < 4.78 is 0.635. The summed E-state index contributed by atoms with van der Waals surface area (Å²) in [4.78, 5) is 0. The fraction of sp³-hybridized carbons (Fsp3) is 1.00. The molecule has 68 valence electrons. The average Bonchev–Trinajstić information content (AvgIpc) is 1.90. The van der Waals surface area contributed by atoms with Crippen LogP contribution in [0.25, 0.3) is 0 Å². The van der Waals surface area contributed by atoms with Crippen molar-refractivity contribution in [1.29, 1.82) is 0 Å². The summed E-state index contributed by atoms with van der Waals surface area (Å²) in [6.45, 7) is 14.5. The molecule has 0 aromatic heterocycles. The van der Waals surface area contributed by atoms with E-state index in [1.165, 1.54) is 15.6 Å². The molecule has 0 heterocycles. The van der Waals surface area contributed by atoms with Crippen LogP contribution in [0.2, 0.25) is 19.8 Å². The van der Waals surface area contributed by atoms with Crippen molar-refractivity contribution in [3.63, 3.8) is 0 Å². The average molecular weight is 219 g/mol. The van der Waals surface area contributed by atoms with Gasteiger partial charge in [-0.25, -0.2) is 0 Å². The zero-order valence-corrected chi connectivity index (χ0v) is 10.9. The molecule has 0 amide bonds. The topological polar surface area (TPSA) is 0 Å². The van der Waals surface area contributed by atoms with Gasteiger partial charge in [0.2, 0.25) is 0 Å². The predicted octanol–water partition coefficient (Wildman–Crippen LogP) is 4.30. The van der Waals surface area contributed by atoms with Gasteiger partial charge >= 0.3 is 74.9 Å². The molecule has 0 radical (unpaired) electrons. The summed E-state index contributed by atoms with van der Waals surface area (Å²) in [5.74, 6) is 0. The molecule has 0 aromatic rings. The van der Waals surface area contributed by atoms with Crippen LogP contribution in [0.4, 0.5) is 0 Å². The van der Waals surface area contributed by atoms with Crippen LogP contribution in [-0.4, -0.2) is 13.6 Å². The Morgan fingerprint density at radius 1 is 0.818 bits per heavy atom. The van der Waals surface area contributed by atoms with Crippen LogP contribution in [0.3, 0.4) is 0 Å². The van der Waals surface area contributed by atoms with Gasteiger partial charge in [0, 0.05) is 0 Å². The molecule has 0 saturated heterocycles. The Hall–Kier alpha value is 0.558. The Bertz CT molecular complexity index is 98.3. The molecule has 0 spiro atoms. The molecule has 0 N–H and O–H groups in total. The zero-order chi connectivity index (χ0) is 9.12. The Labute approximate surface area is 75.2 Å². The van der Waals surface area contributed by atoms with Crippen LogP contribution < -0.4 is 0 Å². The van der Waals surface area contributed by atoms with Crippen LogP contribution in [0.15, 0.2) is 0 Å². The molecule has 0 unspecified atom stereocenters. The van der Waals surface area contributed by atoms with Crippen LogP contribution in [-0.2, 0) is 0 Å². The Balaban J connectivity index is 4.54. The van der Waals surface area contributed by atoms with Crippen molar-refractivity contribution in [3.8, 4) is 0 Å². The zero-order valence-electron chi connectivity index (χ0n) is 9.07. The predicted molar refractivity (Wildman–Crippen MR) is 56.9 cm³/mol. The molecule has 0 aromatic carbocycles. The van der Waals surface area contributed by atoms with E-state index in [2.05, 4.69) is 41.5 Å². The molecular weight excluding hydrogens is 195 g/mol. The summed E-state index contributed by atoms with van der Waals surface area (Å²) in [6.07, 6.45) is 0. The third kappa shape index (κ3) is 2.25. The fourth-order valence-corrected chi connectivity index (χ4v) is 10.9. The molecule has 0 rings (SSSR count). The molecule has 0 saturated carbocycles. The first kappa shape index (κ1) is 11.6. The van der Waals surface area contributed by atoms with Gasteiger partial charge in [0.25, 0.3) is 0 Å². The van der Waals surface area contributed by atoms with E-state index in [1.54, 1.807) is 0 Å². The summed E-state index contributed by atoms with van der Waals surface area (Å²) in [7, 11) is 0. The molecule has 1 heteroatoms. The van der Waals surface area contributed by atoms with Crippen molar-refractivity contribution in [2.24, 2.45) is 0 Å². The molecule has 0 bridgehead atoms. The Morgan fingerprint density at radius 3 is 1.09 bits per heavy atom. The minimum absolute atomic E-state index is 0.635. The second-order valence-corrected chi connectivity index (χ2v) is 15.9. The van der Waals surface area contributed by atoms with Gasteiger partial charge in [0.1, 0.15) is 0 Å². The standard InChI is InChI=1S/C10H24As/c1-7-11(8-2,9-3)10(4,5)6/h7-9H2,1-6H3/q+1. The van der Waals surface area contributed by atoms with Crippen molar-refractivity contribution >= 4 is 13.6 Å². The minimum atomic E-state index is -1.27. The molecule has 0 atom stereocenters. The number of hydrogen-bond donors (Lipinski definition) is 0. The first-order valence-electron chi connectivity index (χ1n) is 4.79. The van der Waals surface area contributed by atoms with Gasteiger partial charge in [-0.1, -0.05) is 0 Å². The summed E-state index contributed by atoms with van der Waals surface area (Å²) in [6, 6.07) is 0. The van der Waals surface area contributed by atoms with Crippen molar-refractivity contribution < 1.29 is 0 Å². The molecule has 0 nitrogen and oxygen atoms in total. The van der Waals surface area contributed by atoms with E-state index in [0.29, 0.717) is 4.20 Å². The third-order valence-corrected chi connectivity index (χ3v) is 16.8. The molecule has 0 fully saturated rings. The second-order valence-electron chi connectivity index (χ2n) is 4.26. The Morgan fingerprint density at radius 2 is 1.09 bits per heavy atom. The first-order valence-corrected chi connectivity index (χ1v) is 9.71. The SMILES string of the molecule is CC[As+](CC)(CC)C(C)(C)C. The van der Waals surface area contributed by atoms with Crippen molar-refractivity contribution in [3.05, 3.63) is 0 Å². The van der Waals surface area contributed by atoms with Crippen LogP contribution >= 0.6 is 0 Å². The van der Waals surface area contributed by atoms with Gasteiger partial charge < -0.3 is 0 Å². The molecule has 11 heavy (non-hydrogen) atoms. The van der Waals surface area contributed by atoms with Gasteiger partial charge in [-0.2, -0.15) is 0 Å². The van der Waals surface area contributed by atoms with Gasteiger partial charge in [0.05, 0.1) is 0 Å². The van der Waals surface area contributed by atoms with Crippen molar-refractivity contribution in [1.82, 2.24) is 0 Å². The first-order chi connectivity index (χ1) is 4.93. The van der Waals surface area contributed by atoms with E-state index in [9.17, 15) is 0 Å². The van der Waals surface area contributed by atoms with Crippen LogP contribution in [0, 0.1) is 0 Å². The summed E-state index contributed by atoms with van der Waals surface area (Å²) >= 11 is -1.27. The second kappa shape index (κ2) is 3.99. The van der Waals surface area contributed by atoms with E-state index >= 15 is 0 Å². The van der Waals surface area contributed by atoms with E-state index in [4.69, 9.17) is 0 Å². The van der Waals surface area contributed by atoms with E-state index in [0.717, 1.165) is 0 Å². The van der Waals surface area contributed by atoms with Gasteiger partial charge in [-0.05, 0) is 0 Å². The van der Waals surface area contributed by atoms with Gasteiger partial charge in [0.15, 0.2) is 0 Å². The molecular formula is C10H24As+. The maximum atomic E-state index is 2.44. The van der Waals surface area contributed by atoms with E-state index < -0.39 is 13.6 Å². The van der Waals surface area contributed by atoms with Gasteiger partial charge in [-0.3, -0.25) is 0 Å². The van der Waals surface area contributed by atoms with Gasteiger partial charge in [-0.15, -0.1) is 0 Å². The normalized spacial score (nSPS) is 13.6. The quantitative estimate of drug-likeness (QED) is 0.621. The molecule has 0 aliphatic carbocycles. The number of rotatable bonds is 3. The van der Waals surface area contributed by atoms with Crippen molar-refractivity contribution in [2.45, 2.75) is 61.4 Å². The molecule has 0 aliphatic rings. The molecule has 0 aliphatic heterocycles.